The Morgan fingerprint density at radius 2 is 1.30 bits per heavy atom. The number of aliphatic carboxylic acids is 1. The minimum Gasteiger partial charge on any atom is -0.479 e. The molecular formula is C60H100N5O27P. The molecule has 4 fully saturated rings. The number of unbranched alkanes of at least 4 members (excludes halogenated alkanes) is 1. The Kier molecular flexibility index (Phi) is 33.0. The third kappa shape index (κ3) is 25.4. The molecule has 0 bridgehead atoms. The largest absolute Gasteiger partial charge is 0.479 e. The first-order valence-electron chi connectivity index (χ1n) is 30.4. The lowest BCUT2D eigenvalue weighted by molar-refractivity contribution is -0.370. The van der Waals surface area contributed by atoms with Gasteiger partial charge < -0.3 is 116 Å². The zero-order chi connectivity index (χ0) is 70.6. The third-order valence-corrected chi connectivity index (χ3v) is 16.2. The van der Waals surface area contributed by atoms with Crippen molar-refractivity contribution in [2.75, 3.05) is 19.8 Å². The number of phosphoric acid groups is 1. The van der Waals surface area contributed by atoms with Crippen LogP contribution in [0.15, 0.2) is 59.3 Å². The van der Waals surface area contributed by atoms with Crippen molar-refractivity contribution in [3.8, 4) is 0 Å². The molecular weight excluding hydrogens is 1250 g/mol. The predicted molar refractivity (Wildman–Crippen MR) is 328 cm³/mol. The first-order chi connectivity index (χ1) is 43.2. The van der Waals surface area contributed by atoms with Crippen LogP contribution in [0.25, 0.3) is 0 Å². The van der Waals surface area contributed by atoms with Crippen LogP contribution in [0.3, 0.4) is 0 Å². The molecule has 0 aromatic rings. The highest BCUT2D eigenvalue weighted by molar-refractivity contribution is 7.47. The Hall–Kier alpha value is -5.17. The molecule has 0 aromatic heterocycles. The van der Waals surface area contributed by atoms with E-state index in [1.54, 1.807) is 13.8 Å². The molecule has 33 heteroatoms. The van der Waals surface area contributed by atoms with Gasteiger partial charge in [0.05, 0.1) is 25.9 Å². The van der Waals surface area contributed by atoms with Crippen molar-refractivity contribution in [2.24, 2.45) is 22.6 Å². The highest BCUT2D eigenvalue weighted by atomic mass is 31.2. The quantitative estimate of drug-likeness (QED) is 0.0320. The number of rotatable bonds is 32. The highest BCUT2D eigenvalue weighted by Crippen LogP contribution is 2.49. The Labute approximate surface area is 541 Å². The van der Waals surface area contributed by atoms with Crippen molar-refractivity contribution in [3.05, 3.63) is 59.3 Å². The van der Waals surface area contributed by atoms with Gasteiger partial charge in [-0.2, -0.15) is 0 Å². The molecule has 22 atom stereocenters. The van der Waals surface area contributed by atoms with Crippen LogP contribution in [0.1, 0.15) is 128 Å². The number of hydrogen-bond acceptors (Lipinski definition) is 25. The molecule has 5 amide bonds. The number of carboxylic acids is 1. The zero-order valence-corrected chi connectivity index (χ0v) is 55.7. The van der Waals surface area contributed by atoms with Crippen LogP contribution in [0.2, 0.25) is 0 Å². The minimum absolute atomic E-state index is 0.269. The molecule has 0 saturated carbocycles. The molecule has 0 aromatic carbocycles. The summed E-state index contributed by atoms with van der Waals surface area (Å²) in [5, 5.41) is 91.2. The van der Waals surface area contributed by atoms with E-state index < -0.39 is 185 Å². The molecule has 4 aliphatic heterocycles. The summed E-state index contributed by atoms with van der Waals surface area (Å²) in [6, 6.07) is -3.60. The van der Waals surface area contributed by atoms with E-state index >= 15 is 0 Å². The fraction of sp³-hybridized carbons (Fsp3) is 0.733. The van der Waals surface area contributed by atoms with Gasteiger partial charge >= 0.3 is 19.9 Å². The normalized spacial score (nSPS) is 33.3. The fourth-order valence-corrected chi connectivity index (χ4v) is 10.9. The molecule has 22 unspecified atom stereocenters. The maximum Gasteiger partial charge on any atom is 0.474 e. The molecule has 93 heavy (non-hydrogen) atoms. The van der Waals surface area contributed by atoms with Gasteiger partial charge in [0.2, 0.25) is 23.6 Å². The second-order valence-electron chi connectivity index (χ2n) is 24.7. The summed E-state index contributed by atoms with van der Waals surface area (Å²) in [6.45, 7) is 22.6. The van der Waals surface area contributed by atoms with Gasteiger partial charge in [-0.3, -0.25) is 28.2 Å². The van der Waals surface area contributed by atoms with E-state index in [9.17, 15) is 79.1 Å². The number of primary amides is 3. The Morgan fingerprint density at radius 1 is 0.731 bits per heavy atom. The van der Waals surface area contributed by atoms with Crippen molar-refractivity contribution >= 4 is 43.5 Å². The zero-order valence-electron chi connectivity index (χ0n) is 54.8. The van der Waals surface area contributed by atoms with Gasteiger partial charge in [-0.05, 0) is 92.4 Å². The van der Waals surface area contributed by atoms with Gasteiger partial charge in [0.1, 0.15) is 66.5 Å². The van der Waals surface area contributed by atoms with Gasteiger partial charge in [0.25, 0.3) is 0 Å². The number of carbonyl (C=O) groups is 6. The summed E-state index contributed by atoms with van der Waals surface area (Å²) < 4.78 is 74.1. The Balaban J connectivity index is 0.000000869. The predicted octanol–water partition coefficient (Wildman–Crippen LogP) is 0.411. The smallest absolute Gasteiger partial charge is 0.474 e. The van der Waals surface area contributed by atoms with Gasteiger partial charge in [-0.15, -0.1) is 0 Å². The summed E-state index contributed by atoms with van der Waals surface area (Å²) in [5.74, 6) is -6.11. The molecule has 4 saturated heterocycles. The fourth-order valence-electron chi connectivity index (χ4n) is 10.1. The summed E-state index contributed by atoms with van der Waals surface area (Å²) in [4.78, 5) is 84.6. The summed E-state index contributed by atoms with van der Waals surface area (Å²) in [6.07, 6.45) is -18.6. The standard InChI is InChI=1S/C38H62N5O27P.C22H38/c1-11(2)7-8-60-16(32(54)55)10-61-71(58,59)70-36-27(28(69-37(41)56)38(6,57)29(68-36)31(40)53)67-34-18(43-14(5)46)20(48)25(15(9-44)63-34)65-33-17(42-13(4)45)19(47)24(12(3)62-33)64-35-23(51)21(49)22(50)26(66-35)30(39)52;1-8-9-10-17-22(6,7)18-16-21(5)15-14-20(4)13-11-12-19(2)3/h7,12,15-29,33-36,44,47-51,57H,8-10H2,1-6H3,(H2,39,52)(H2,40,53)(H2,41,56)(H,42,45)(H,43,46)(H,54,55)(H,58,59);10,12,14,17H,5,8-9,11,13,15-16,18H2,1-4,6-7H3/b;17-10+,20-14+. The number of hydrogen-bond donors (Lipinski definition) is 14. The van der Waals surface area contributed by atoms with Crippen molar-refractivity contribution in [1.82, 2.24) is 10.6 Å². The topological polar surface area (TPSA) is 505 Å². The maximum atomic E-state index is 13.4. The number of carboxylic acid groups (broad SMARTS) is 1. The number of allylic oxidation sites excluding steroid dienone is 8. The van der Waals surface area contributed by atoms with E-state index in [0.29, 0.717) is 5.41 Å². The average Bonchev–Trinajstić information content (AvgIpc) is 0.757. The Bertz CT molecular complexity index is 2670. The number of aliphatic hydroxyl groups excluding tert-OH is 6. The van der Waals surface area contributed by atoms with Crippen molar-refractivity contribution in [3.63, 3.8) is 0 Å². The molecule has 4 aliphatic rings. The molecule has 532 valence electrons. The van der Waals surface area contributed by atoms with Gasteiger partial charge in [-0.25, -0.2) is 14.2 Å². The molecule has 0 aliphatic carbocycles. The first kappa shape index (κ1) is 82.1. The molecule has 4 rings (SSSR count). The number of ether oxygens (including phenoxy) is 9. The summed E-state index contributed by atoms with van der Waals surface area (Å²) >= 11 is 0. The van der Waals surface area contributed by atoms with Gasteiger partial charge in [-0.1, -0.05) is 86.4 Å². The van der Waals surface area contributed by atoms with E-state index in [1.165, 1.54) is 55.4 Å². The summed E-state index contributed by atoms with van der Waals surface area (Å²) in [5.41, 5.74) is 18.5. The maximum absolute atomic E-state index is 13.4. The van der Waals surface area contributed by atoms with Crippen molar-refractivity contribution in [1.29, 1.82) is 0 Å². The van der Waals surface area contributed by atoms with Gasteiger partial charge in [0, 0.05) is 13.8 Å². The molecule has 0 spiro atoms. The van der Waals surface area contributed by atoms with E-state index in [-0.39, 0.29) is 6.61 Å². The lowest BCUT2D eigenvalue weighted by atomic mass is 9.85. The van der Waals surface area contributed by atoms with Crippen LogP contribution < -0.4 is 27.8 Å². The SMILES string of the molecule is C=C(C/C=C(\C)CCC=C(C)C)CCC(C)(C)/C=C/CCC.CC(=O)NC1C(OC2C(CO)OC(OC3C(OP(=O)(O)OCC(OCC=C(C)C)C(=O)O)OC(C(N)=O)C(C)(O)C3OC(N)=O)C(NC(C)=O)C2O)OC(C)C(OC2OC(C(N)=O)C(O)C(O)C2O)C1O. The number of aliphatic hydroxyl groups is 7. The minimum atomic E-state index is -5.63. The average molecular weight is 1350 g/mol. The number of nitrogens with one attached hydrogen (secondary N) is 2. The monoisotopic (exact) mass is 1350 g/mol. The van der Waals surface area contributed by atoms with Crippen LogP contribution in [0.5, 0.6) is 0 Å². The molecule has 0 radical (unpaired) electrons. The number of amides is 5. The van der Waals surface area contributed by atoms with Crippen LogP contribution in [-0.2, 0) is 80.2 Å². The number of carbonyl (C=O) groups excluding carboxylic acids is 5. The molecule has 17 N–H and O–H groups in total. The second kappa shape index (κ2) is 37.4. The van der Waals surface area contributed by atoms with Crippen LogP contribution in [0.4, 0.5) is 4.79 Å². The van der Waals surface area contributed by atoms with Crippen molar-refractivity contribution in [2.45, 2.75) is 256 Å². The molecule has 32 nitrogen and oxygen atoms in total. The van der Waals surface area contributed by atoms with E-state index in [0.717, 1.165) is 45.6 Å². The highest BCUT2D eigenvalue weighted by Gasteiger charge is 2.62. The number of nitrogens with two attached hydrogens (primary N) is 3. The lowest BCUT2D eigenvalue weighted by Gasteiger charge is -2.51. The summed E-state index contributed by atoms with van der Waals surface area (Å²) in [7, 11) is -5.63. The van der Waals surface area contributed by atoms with Crippen LogP contribution in [-0.4, -0.2) is 230 Å². The second-order valence-corrected chi connectivity index (χ2v) is 26.1. The lowest BCUT2D eigenvalue weighted by Crippen LogP contribution is -2.72. The van der Waals surface area contributed by atoms with Crippen LogP contribution >= 0.6 is 7.82 Å². The van der Waals surface area contributed by atoms with E-state index in [4.69, 9.17) is 68.9 Å². The van der Waals surface area contributed by atoms with E-state index in [2.05, 4.69) is 83.1 Å². The Morgan fingerprint density at radius 3 is 1.83 bits per heavy atom. The van der Waals surface area contributed by atoms with Crippen molar-refractivity contribution < 1.29 is 131 Å². The van der Waals surface area contributed by atoms with E-state index in [1.807, 2.05) is 0 Å². The van der Waals surface area contributed by atoms with Crippen LogP contribution in [0, 0.1) is 5.41 Å². The molecule has 4 heterocycles. The first-order valence-corrected chi connectivity index (χ1v) is 31.9. The van der Waals surface area contributed by atoms with Gasteiger partial charge in [0.15, 0.2) is 55.7 Å². The third-order valence-electron chi connectivity index (χ3n) is 15.2. The number of phosphoric ester groups is 1.